The first kappa shape index (κ1) is 18.1. The second kappa shape index (κ2) is 8.12. The molecule has 7 heteroatoms. The summed E-state index contributed by atoms with van der Waals surface area (Å²) < 4.78 is 13.9. The van der Waals surface area contributed by atoms with Crippen molar-refractivity contribution in [3.63, 3.8) is 0 Å². The van der Waals surface area contributed by atoms with Crippen molar-refractivity contribution in [3.05, 3.63) is 48.2 Å². The number of halogens is 1. The highest BCUT2D eigenvalue weighted by Crippen LogP contribution is 2.21. The molecule has 1 aliphatic heterocycles. The number of anilines is 2. The number of nitrogens with zero attached hydrogens (tertiary/aromatic N) is 4. The van der Waals surface area contributed by atoms with Gasteiger partial charge < -0.3 is 15.1 Å². The third-order valence-corrected chi connectivity index (χ3v) is 4.66. The zero-order valence-corrected chi connectivity index (χ0v) is 15.2. The van der Waals surface area contributed by atoms with Crippen LogP contribution in [0.1, 0.15) is 30.8 Å². The van der Waals surface area contributed by atoms with E-state index in [-0.39, 0.29) is 17.8 Å². The Morgan fingerprint density at radius 1 is 1.15 bits per heavy atom. The van der Waals surface area contributed by atoms with Crippen molar-refractivity contribution in [1.82, 2.24) is 15.3 Å². The molecule has 1 saturated heterocycles. The number of amides is 1. The van der Waals surface area contributed by atoms with Crippen molar-refractivity contribution in [3.8, 4) is 0 Å². The van der Waals surface area contributed by atoms with E-state index in [9.17, 15) is 9.18 Å². The monoisotopic (exact) mass is 357 g/mol. The maximum atomic E-state index is 13.9. The van der Waals surface area contributed by atoms with Crippen LogP contribution in [0.15, 0.2) is 36.7 Å². The van der Waals surface area contributed by atoms with Gasteiger partial charge in [-0.15, -0.1) is 0 Å². The first-order chi connectivity index (χ1) is 12.6. The van der Waals surface area contributed by atoms with Crippen LogP contribution in [0.2, 0.25) is 0 Å². The van der Waals surface area contributed by atoms with Gasteiger partial charge in [0.1, 0.15) is 17.3 Å². The molecule has 1 unspecified atom stereocenters. The van der Waals surface area contributed by atoms with Crippen LogP contribution >= 0.6 is 0 Å². The minimum Gasteiger partial charge on any atom is -0.366 e. The molecule has 3 rings (SSSR count). The van der Waals surface area contributed by atoms with Gasteiger partial charge in [0, 0.05) is 32.2 Å². The van der Waals surface area contributed by atoms with Crippen LogP contribution in [-0.4, -0.2) is 48.1 Å². The molecule has 0 saturated carbocycles. The fourth-order valence-electron chi connectivity index (χ4n) is 2.89. The summed E-state index contributed by atoms with van der Waals surface area (Å²) in [5.41, 5.74) is 0.953. The summed E-state index contributed by atoms with van der Waals surface area (Å²) >= 11 is 0. The van der Waals surface area contributed by atoms with E-state index < -0.39 is 0 Å². The van der Waals surface area contributed by atoms with Crippen LogP contribution in [0, 0.1) is 5.82 Å². The smallest absolute Gasteiger partial charge is 0.271 e. The molecular formula is C19H24FN5O. The Labute approximate surface area is 153 Å². The molecule has 0 spiro atoms. The zero-order chi connectivity index (χ0) is 18.5. The van der Waals surface area contributed by atoms with E-state index in [1.165, 1.54) is 12.3 Å². The standard InChI is InChI=1S/C19H24FN5O/c1-3-14(2)23-19(26)16-12-22-18(13-21-16)25-10-8-24(9-11-25)17-7-5-4-6-15(17)20/h4-7,12-14H,3,8-11H2,1-2H3,(H,23,26). The SMILES string of the molecule is CCC(C)NC(=O)c1cnc(N2CCN(c3ccccc3F)CC2)cn1. The van der Waals surface area contributed by atoms with Crippen molar-refractivity contribution in [1.29, 1.82) is 0 Å². The van der Waals surface area contributed by atoms with Crippen molar-refractivity contribution < 1.29 is 9.18 Å². The predicted octanol–water partition coefficient (Wildman–Crippen LogP) is 2.47. The molecule has 0 aliphatic carbocycles. The molecule has 138 valence electrons. The van der Waals surface area contributed by atoms with Crippen LogP contribution in [0.4, 0.5) is 15.9 Å². The molecule has 26 heavy (non-hydrogen) atoms. The fraction of sp³-hybridized carbons (Fsp3) is 0.421. The largest absolute Gasteiger partial charge is 0.366 e. The van der Waals surface area contributed by atoms with E-state index in [2.05, 4.69) is 20.2 Å². The normalized spacial score (nSPS) is 15.7. The van der Waals surface area contributed by atoms with Crippen LogP contribution in [0.25, 0.3) is 0 Å². The molecule has 1 fully saturated rings. The molecule has 1 aliphatic rings. The van der Waals surface area contributed by atoms with Gasteiger partial charge in [-0.1, -0.05) is 19.1 Å². The Kier molecular flexibility index (Phi) is 5.65. The quantitative estimate of drug-likeness (QED) is 0.891. The molecule has 6 nitrogen and oxygen atoms in total. The summed E-state index contributed by atoms with van der Waals surface area (Å²) in [4.78, 5) is 24.8. The number of para-hydroxylation sites is 1. The molecule has 1 N–H and O–H groups in total. The molecule has 0 bridgehead atoms. The first-order valence-electron chi connectivity index (χ1n) is 8.95. The average molecular weight is 357 g/mol. The maximum Gasteiger partial charge on any atom is 0.271 e. The summed E-state index contributed by atoms with van der Waals surface area (Å²) in [5, 5.41) is 2.88. The van der Waals surface area contributed by atoms with Crippen LogP contribution in [-0.2, 0) is 0 Å². The van der Waals surface area contributed by atoms with E-state index in [0.29, 0.717) is 24.5 Å². The van der Waals surface area contributed by atoms with Gasteiger partial charge in [-0.25, -0.2) is 14.4 Å². The molecule has 0 radical (unpaired) electrons. The number of rotatable bonds is 5. The highest BCUT2D eigenvalue weighted by molar-refractivity contribution is 5.92. The third kappa shape index (κ3) is 4.09. The lowest BCUT2D eigenvalue weighted by molar-refractivity contribution is 0.0934. The van der Waals surface area contributed by atoms with Crippen molar-refractivity contribution in [2.24, 2.45) is 0 Å². The highest BCUT2D eigenvalue weighted by atomic mass is 19.1. The number of aromatic nitrogens is 2. The van der Waals surface area contributed by atoms with Crippen LogP contribution < -0.4 is 15.1 Å². The average Bonchev–Trinajstić information content (AvgIpc) is 2.68. The third-order valence-electron chi connectivity index (χ3n) is 4.66. The minimum atomic E-state index is -0.206. The molecule has 1 aromatic heterocycles. The molecule has 2 aromatic rings. The van der Waals surface area contributed by atoms with Gasteiger partial charge in [-0.2, -0.15) is 0 Å². The molecule has 1 atom stereocenters. The van der Waals surface area contributed by atoms with Gasteiger partial charge in [-0.3, -0.25) is 4.79 Å². The second-order valence-electron chi connectivity index (χ2n) is 6.47. The number of piperazine rings is 1. The van der Waals surface area contributed by atoms with Crippen LogP contribution in [0.3, 0.4) is 0 Å². The summed E-state index contributed by atoms with van der Waals surface area (Å²) in [7, 11) is 0. The van der Waals surface area contributed by atoms with Crippen LogP contribution in [0.5, 0.6) is 0 Å². The van der Waals surface area contributed by atoms with Gasteiger partial charge in [-0.05, 0) is 25.5 Å². The number of hydrogen-bond donors (Lipinski definition) is 1. The number of hydrogen-bond acceptors (Lipinski definition) is 5. The van der Waals surface area contributed by atoms with Gasteiger partial charge in [0.25, 0.3) is 5.91 Å². The second-order valence-corrected chi connectivity index (χ2v) is 6.47. The van der Waals surface area contributed by atoms with Gasteiger partial charge in [0.2, 0.25) is 0 Å². The summed E-state index contributed by atoms with van der Waals surface area (Å²) in [5.74, 6) is 0.332. The maximum absolute atomic E-state index is 13.9. The molecule has 1 aromatic carbocycles. The number of carbonyl (C=O) groups excluding carboxylic acids is 1. The summed E-state index contributed by atoms with van der Waals surface area (Å²) in [6.07, 6.45) is 4.00. The van der Waals surface area contributed by atoms with Crippen molar-refractivity contribution in [2.75, 3.05) is 36.0 Å². The highest BCUT2D eigenvalue weighted by Gasteiger charge is 2.21. The number of benzene rings is 1. The molecule has 1 amide bonds. The van der Waals surface area contributed by atoms with E-state index in [0.717, 1.165) is 25.3 Å². The first-order valence-corrected chi connectivity index (χ1v) is 8.95. The summed E-state index contributed by atoms with van der Waals surface area (Å²) in [6, 6.07) is 6.94. The molecular weight excluding hydrogens is 333 g/mol. The lowest BCUT2D eigenvalue weighted by Gasteiger charge is -2.36. The Bertz CT molecular complexity index is 744. The van der Waals surface area contributed by atoms with E-state index >= 15 is 0 Å². The molecule has 2 heterocycles. The Morgan fingerprint density at radius 2 is 1.85 bits per heavy atom. The van der Waals surface area contributed by atoms with Crippen molar-refractivity contribution in [2.45, 2.75) is 26.3 Å². The lowest BCUT2D eigenvalue weighted by Crippen LogP contribution is -2.47. The van der Waals surface area contributed by atoms with Gasteiger partial charge in [0.15, 0.2) is 0 Å². The Morgan fingerprint density at radius 3 is 2.46 bits per heavy atom. The lowest BCUT2D eigenvalue weighted by atomic mass is 10.2. The number of nitrogens with one attached hydrogen (secondary N) is 1. The topological polar surface area (TPSA) is 61.4 Å². The van der Waals surface area contributed by atoms with Crippen molar-refractivity contribution >= 4 is 17.4 Å². The van der Waals surface area contributed by atoms with E-state index in [1.54, 1.807) is 18.3 Å². The fourth-order valence-corrected chi connectivity index (χ4v) is 2.89. The number of carbonyl (C=O) groups is 1. The van der Waals surface area contributed by atoms with E-state index in [1.807, 2.05) is 24.8 Å². The Hall–Kier alpha value is -2.70. The van der Waals surface area contributed by atoms with Gasteiger partial charge in [0.05, 0.1) is 18.1 Å². The summed E-state index contributed by atoms with van der Waals surface area (Å²) in [6.45, 7) is 6.83. The minimum absolute atomic E-state index is 0.107. The van der Waals surface area contributed by atoms with Gasteiger partial charge >= 0.3 is 0 Å². The predicted molar refractivity (Wildman–Crippen MR) is 100 cm³/mol. The zero-order valence-electron chi connectivity index (χ0n) is 15.2. The van der Waals surface area contributed by atoms with E-state index in [4.69, 9.17) is 0 Å². The Balaban J connectivity index is 1.60.